The van der Waals surface area contributed by atoms with Crippen LogP contribution < -0.4 is 20.6 Å². The monoisotopic (exact) mass is 460 g/mol. The minimum Gasteiger partial charge on any atom is -0.861 e. The molecule has 11 heteroatoms. The van der Waals surface area contributed by atoms with Gasteiger partial charge < -0.3 is 10.8 Å². The van der Waals surface area contributed by atoms with Gasteiger partial charge in [0.05, 0.1) is 23.4 Å². The van der Waals surface area contributed by atoms with Crippen molar-refractivity contribution in [3.63, 3.8) is 0 Å². The van der Waals surface area contributed by atoms with E-state index in [1.54, 1.807) is 35.3 Å². The Labute approximate surface area is 194 Å². The summed E-state index contributed by atoms with van der Waals surface area (Å²) in [7, 11) is 0. The maximum absolute atomic E-state index is 12.4. The van der Waals surface area contributed by atoms with Crippen LogP contribution in [0.2, 0.25) is 0 Å². The maximum atomic E-state index is 12.4. The number of benzene rings is 1. The number of anilines is 1. The van der Waals surface area contributed by atoms with Crippen LogP contribution in [-0.2, 0) is 0 Å². The molecule has 10 nitrogen and oxygen atoms in total. The van der Waals surface area contributed by atoms with Crippen molar-refractivity contribution in [1.82, 2.24) is 10.3 Å². The predicted octanol–water partition coefficient (Wildman–Crippen LogP) is 1.65. The van der Waals surface area contributed by atoms with Crippen molar-refractivity contribution in [2.45, 2.75) is 24.3 Å². The molecule has 0 aliphatic carbocycles. The average Bonchev–Trinajstić information content (AvgIpc) is 3.31. The van der Waals surface area contributed by atoms with Gasteiger partial charge in [-0.3, -0.25) is 4.52 Å². The Morgan fingerprint density at radius 3 is 2.61 bits per heavy atom. The number of nitrogens with zero attached hydrogens (tertiary/aromatic N) is 7. The molecule has 33 heavy (non-hydrogen) atoms. The first kappa shape index (κ1) is 22.1. The number of nitriles is 2. The van der Waals surface area contributed by atoms with Gasteiger partial charge in [0.2, 0.25) is 5.27 Å². The summed E-state index contributed by atoms with van der Waals surface area (Å²) < 4.78 is 5.16. The maximum Gasteiger partial charge on any atom is 0.324 e. The van der Waals surface area contributed by atoms with E-state index in [1.165, 1.54) is 6.42 Å². The van der Waals surface area contributed by atoms with Gasteiger partial charge in [0.15, 0.2) is 0 Å². The molecular formula is C22H20N8O2S. The van der Waals surface area contributed by atoms with Gasteiger partial charge in [-0.05, 0) is 30.7 Å². The highest BCUT2D eigenvalue weighted by molar-refractivity contribution is 8.00. The highest BCUT2D eigenvalue weighted by Crippen LogP contribution is 2.35. The number of nitrogens with two attached hydrogens (primary N) is 1. The van der Waals surface area contributed by atoms with Crippen LogP contribution in [0.25, 0.3) is 11.1 Å². The van der Waals surface area contributed by atoms with E-state index in [-0.39, 0.29) is 33.6 Å². The molecule has 0 unspecified atom stereocenters. The lowest BCUT2D eigenvalue weighted by atomic mass is 9.97. The van der Waals surface area contributed by atoms with Gasteiger partial charge in [-0.25, -0.2) is 9.98 Å². The topological polar surface area (TPSA) is 155 Å². The fraction of sp³-hybridized carbons (Fsp3) is 0.273. The normalized spacial score (nSPS) is 14.0. The number of hydrogen-bond donors (Lipinski definition) is 1. The van der Waals surface area contributed by atoms with Gasteiger partial charge in [0.25, 0.3) is 6.20 Å². The van der Waals surface area contributed by atoms with Crippen molar-refractivity contribution < 1.29 is 14.4 Å². The molecule has 166 valence electrons. The van der Waals surface area contributed by atoms with Gasteiger partial charge in [-0.1, -0.05) is 42.1 Å². The Bertz CT molecular complexity index is 1250. The van der Waals surface area contributed by atoms with Crippen LogP contribution >= 0.6 is 11.8 Å². The zero-order valence-electron chi connectivity index (χ0n) is 17.6. The summed E-state index contributed by atoms with van der Waals surface area (Å²) >= 11 is 1.03. The van der Waals surface area contributed by atoms with Crippen molar-refractivity contribution in [2.75, 3.05) is 29.6 Å². The summed E-state index contributed by atoms with van der Waals surface area (Å²) in [4.78, 5) is 9.72. The first-order valence-corrected chi connectivity index (χ1v) is 11.3. The minimum absolute atomic E-state index is 0.0000451. The number of rotatable bonds is 6. The first-order chi connectivity index (χ1) is 16.1. The van der Waals surface area contributed by atoms with Crippen molar-refractivity contribution >= 4 is 29.4 Å². The van der Waals surface area contributed by atoms with E-state index < -0.39 is 5.90 Å². The summed E-state index contributed by atoms with van der Waals surface area (Å²) in [5.41, 5.74) is 7.38. The molecule has 1 aromatic carbocycles. The van der Waals surface area contributed by atoms with Gasteiger partial charge in [0, 0.05) is 11.3 Å². The molecule has 3 aromatic rings. The van der Waals surface area contributed by atoms with Crippen LogP contribution in [0.1, 0.15) is 30.4 Å². The number of aliphatic imine (C=N–C) groups is 1. The summed E-state index contributed by atoms with van der Waals surface area (Å²) in [6.45, 7) is 1.74. The van der Waals surface area contributed by atoms with Gasteiger partial charge in [-0.15, -0.1) is 0 Å². The summed E-state index contributed by atoms with van der Waals surface area (Å²) in [6, 6.07) is 13.1. The number of aromatic nitrogens is 3. The lowest BCUT2D eigenvalue weighted by Crippen LogP contribution is -2.60. The molecule has 2 aromatic heterocycles. The molecule has 0 spiro atoms. The Hall–Kier alpha value is -4.09. The third-order valence-corrected chi connectivity index (χ3v) is 6.07. The van der Waals surface area contributed by atoms with Crippen LogP contribution in [0.3, 0.4) is 0 Å². The quantitative estimate of drug-likeness (QED) is 0.250. The zero-order chi connectivity index (χ0) is 23.2. The molecule has 0 amide bonds. The Balaban J connectivity index is 1.56. The van der Waals surface area contributed by atoms with E-state index in [0.717, 1.165) is 37.7 Å². The van der Waals surface area contributed by atoms with Crippen molar-refractivity contribution in [3.8, 4) is 23.3 Å². The van der Waals surface area contributed by atoms with Gasteiger partial charge in [-0.2, -0.15) is 15.5 Å². The SMILES string of the molecule is N#Cc1c(N)nc(SC/C([O-])=N/c2c[n+](N3CCCCC3)no2)c(C#N)c1-c1ccccc1. The minimum atomic E-state index is -0.475. The molecule has 1 aliphatic heterocycles. The zero-order valence-corrected chi connectivity index (χ0v) is 18.5. The van der Waals surface area contributed by atoms with Crippen molar-refractivity contribution in [2.24, 2.45) is 4.99 Å². The van der Waals surface area contributed by atoms with E-state index in [0.29, 0.717) is 11.1 Å². The summed E-state index contributed by atoms with van der Waals surface area (Å²) in [5, 5.41) is 38.0. The average molecular weight is 461 g/mol. The number of nitrogen functional groups attached to an aromatic ring is 1. The van der Waals surface area contributed by atoms with Crippen LogP contribution in [0.4, 0.5) is 11.7 Å². The Morgan fingerprint density at radius 1 is 1.18 bits per heavy atom. The van der Waals surface area contributed by atoms with Gasteiger partial charge >= 0.3 is 5.88 Å². The largest absolute Gasteiger partial charge is 0.861 e. The molecule has 3 heterocycles. The molecule has 0 bridgehead atoms. The fourth-order valence-corrected chi connectivity index (χ4v) is 4.36. The molecule has 0 saturated carbocycles. The highest BCUT2D eigenvalue weighted by atomic mass is 32.2. The van der Waals surface area contributed by atoms with Crippen molar-refractivity contribution in [3.05, 3.63) is 47.7 Å². The number of hydrogen-bond acceptors (Lipinski definition) is 10. The summed E-state index contributed by atoms with van der Waals surface area (Å²) in [5.74, 6) is -0.466. The standard InChI is InChI=1S/C22H20N8O2S/c23-11-16-20(15-7-3-1-4-8-15)17(12-24)22(27-21(16)25)33-14-18(31)26-19-13-30(28-32-19)29-9-5-2-6-10-29/h1,3-4,7-8,13H,2,5-6,9-10,14H2,(H2-,25,26,27,28,31). The lowest BCUT2D eigenvalue weighted by Gasteiger charge is -2.17. The predicted molar refractivity (Wildman–Crippen MR) is 120 cm³/mol. The van der Waals surface area contributed by atoms with Crippen LogP contribution in [-0.4, -0.2) is 35.0 Å². The van der Waals surface area contributed by atoms with E-state index in [4.69, 9.17) is 10.3 Å². The van der Waals surface area contributed by atoms with E-state index in [1.807, 2.05) is 17.1 Å². The van der Waals surface area contributed by atoms with Crippen LogP contribution in [0.5, 0.6) is 0 Å². The highest BCUT2D eigenvalue weighted by Gasteiger charge is 2.23. The van der Waals surface area contributed by atoms with E-state index >= 15 is 0 Å². The second kappa shape index (κ2) is 10.0. The molecule has 4 rings (SSSR count). The lowest BCUT2D eigenvalue weighted by molar-refractivity contribution is -0.759. The smallest absolute Gasteiger partial charge is 0.324 e. The van der Waals surface area contributed by atoms with Crippen LogP contribution in [0.15, 0.2) is 51.1 Å². The third kappa shape index (κ3) is 4.89. The Kier molecular flexibility index (Phi) is 6.72. The summed E-state index contributed by atoms with van der Waals surface area (Å²) in [6.07, 6.45) is 4.91. The van der Waals surface area contributed by atoms with Crippen molar-refractivity contribution in [1.29, 1.82) is 10.5 Å². The molecule has 1 fully saturated rings. The Morgan fingerprint density at radius 2 is 1.91 bits per heavy atom. The molecule has 0 radical (unpaired) electrons. The van der Waals surface area contributed by atoms with Crippen LogP contribution in [0, 0.1) is 22.7 Å². The van der Waals surface area contributed by atoms with E-state index in [9.17, 15) is 15.6 Å². The number of pyridine rings is 1. The van der Waals surface area contributed by atoms with Gasteiger partial charge in [0.1, 0.15) is 28.5 Å². The molecule has 2 N–H and O–H groups in total. The number of piperidine rings is 1. The van der Waals surface area contributed by atoms with E-state index in [2.05, 4.69) is 21.3 Å². The second-order valence-corrected chi connectivity index (χ2v) is 8.25. The molecule has 1 saturated heterocycles. The first-order valence-electron chi connectivity index (χ1n) is 10.3. The third-order valence-electron chi connectivity index (χ3n) is 5.11. The fourth-order valence-electron chi connectivity index (χ4n) is 3.58. The molecular weight excluding hydrogens is 440 g/mol. The molecule has 1 aliphatic rings. The number of thioether (sulfide) groups is 1. The molecule has 0 atom stereocenters. The second-order valence-electron chi connectivity index (χ2n) is 7.29.